The third-order valence-electron chi connectivity index (χ3n) is 3.06. The molecule has 2 N–H and O–H groups in total. The van der Waals surface area contributed by atoms with Gasteiger partial charge in [0.2, 0.25) is 5.16 Å². The zero-order chi connectivity index (χ0) is 12.5. The number of rotatable bonds is 4. The average molecular weight is 261 g/mol. The van der Waals surface area contributed by atoms with Crippen molar-refractivity contribution in [1.82, 2.24) is 20.2 Å². The molecule has 0 unspecified atom stereocenters. The summed E-state index contributed by atoms with van der Waals surface area (Å²) in [6.45, 7) is 2.63. The second-order valence-electron chi connectivity index (χ2n) is 4.51. The summed E-state index contributed by atoms with van der Waals surface area (Å²) in [7, 11) is 0. The minimum atomic E-state index is 0.493. The Morgan fingerprint density at radius 3 is 3.00 bits per heavy atom. The van der Waals surface area contributed by atoms with Crippen LogP contribution in [0.4, 0.5) is 0 Å². The minimum absolute atomic E-state index is 0.493. The van der Waals surface area contributed by atoms with Crippen LogP contribution in [0.1, 0.15) is 30.0 Å². The molecule has 3 rings (SSSR count). The van der Waals surface area contributed by atoms with E-state index in [0.717, 1.165) is 10.7 Å². The van der Waals surface area contributed by atoms with Crippen LogP contribution in [0.5, 0.6) is 0 Å². The topological polar surface area (TPSA) is 69.6 Å². The molecule has 1 aromatic carbocycles. The van der Waals surface area contributed by atoms with Gasteiger partial charge >= 0.3 is 0 Å². The van der Waals surface area contributed by atoms with Crippen LogP contribution >= 0.6 is 11.8 Å². The van der Waals surface area contributed by atoms with Gasteiger partial charge in [-0.15, -0.1) is 5.10 Å². The third-order valence-corrected chi connectivity index (χ3v) is 4.30. The molecule has 1 aliphatic rings. The molecule has 1 fully saturated rings. The fraction of sp³-hybridized carbons (Fsp3) is 0.417. The Kier molecular flexibility index (Phi) is 3.05. The molecule has 5 nitrogen and oxygen atoms in total. The number of nitrogens with two attached hydrogens (primary N) is 1. The van der Waals surface area contributed by atoms with E-state index in [2.05, 4.69) is 34.6 Å². The van der Waals surface area contributed by atoms with E-state index in [1.807, 2.05) is 10.7 Å². The largest absolute Gasteiger partial charge is 0.326 e. The van der Waals surface area contributed by atoms with Crippen molar-refractivity contribution in [1.29, 1.82) is 0 Å². The summed E-state index contributed by atoms with van der Waals surface area (Å²) < 4.78 is 1.93. The van der Waals surface area contributed by atoms with Gasteiger partial charge < -0.3 is 5.73 Å². The first kappa shape index (κ1) is 11.7. The summed E-state index contributed by atoms with van der Waals surface area (Å²) in [5.41, 5.74) is 8.15. The first-order valence-electron chi connectivity index (χ1n) is 6.04. The fourth-order valence-corrected chi connectivity index (χ4v) is 2.96. The summed E-state index contributed by atoms with van der Waals surface area (Å²) in [5, 5.41) is 12.8. The number of aromatic nitrogens is 4. The van der Waals surface area contributed by atoms with Crippen LogP contribution in [0.2, 0.25) is 0 Å². The lowest BCUT2D eigenvalue weighted by Gasteiger charge is -2.10. The van der Waals surface area contributed by atoms with Crippen LogP contribution in [0.25, 0.3) is 0 Å². The standard InChI is InChI=1S/C12H15N5S/c1-8-3-2-4-9(7-13)11(8)18-12-14-15-16-17(12)10-5-6-10/h2-4,10H,5-7,13H2,1H3. The Morgan fingerprint density at radius 1 is 1.44 bits per heavy atom. The lowest BCUT2D eigenvalue weighted by atomic mass is 10.1. The molecule has 6 heteroatoms. The van der Waals surface area contributed by atoms with Crippen molar-refractivity contribution in [3.63, 3.8) is 0 Å². The molecule has 0 radical (unpaired) electrons. The number of hydrogen-bond donors (Lipinski definition) is 1. The Bertz CT molecular complexity index is 561. The first-order valence-corrected chi connectivity index (χ1v) is 6.85. The molecule has 94 valence electrons. The van der Waals surface area contributed by atoms with E-state index in [9.17, 15) is 0 Å². The van der Waals surface area contributed by atoms with E-state index in [1.54, 1.807) is 11.8 Å². The van der Waals surface area contributed by atoms with Crippen molar-refractivity contribution in [2.24, 2.45) is 5.73 Å². The highest BCUT2D eigenvalue weighted by molar-refractivity contribution is 7.99. The molecular formula is C12H15N5S. The summed E-state index contributed by atoms with van der Waals surface area (Å²) in [4.78, 5) is 1.18. The van der Waals surface area contributed by atoms with Crippen LogP contribution in [0, 0.1) is 6.92 Å². The minimum Gasteiger partial charge on any atom is -0.326 e. The van der Waals surface area contributed by atoms with Gasteiger partial charge in [-0.05, 0) is 53.1 Å². The maximum atomic E-state index is 5.79. The first-order chi connectivity index (χ1) is 8.79. The van der Waals surface area contributed by atoms with Crippen molar-refractivity contribution in [2.75, 3.05) is 0 Å². The molecule has 0 atom stereocenters. The fourth-order valence-electron chi connectivity index (χ4n) is 1.91. The molecule has 1 saturated carbocycles. The zero-order valence-corrected chi connectivity index (χ0v) is 11.0. The monoisotopic (exact) mass is 261 g/mol. The lowest BCUT2D eigenvalue weighted by Crippen LogP contribution is -2.02. The maximum Gasteiger partial charge on any atom is 0.214 e. The highest BCUT2D eigenvalue weighted by Gasteiger charge is 2.28. The number of tetrazole rings is 1. The van der Waals surface area contributed by atoms with E-state index >= 15 is 0 Å². The van der Waals surface area contributed by atoms with Gasteiger partial charge in [0.15, 0.2) is 0 Å². The van der Waals surface area contributed by atoms with Gasteiger partial charge in [0.1, 0.15) is 0 Å². The number of hydrogen-bond acceptors (Lipinski definition) is 5. The number of aryl methyl sites for hydroxylation is 1. The quantitative estimate of drug-likeness (QED) is 0.910. The molecule has 18 heavy (non-hydrogen) atoms. The molecule has 1 aliphatic carbocycles. The van der Waals surface area contributed by atoms with Gasteiger partial charge in [-0.2, -0.15) is 0 Å². The maximum absolute atomic E-state index is 5.79. The van der Waals surface area contributed by atoms with E-state index < -0.39 is 0 Å². The van der Waals surface area contributed by atoms with Crippen molar-refractivity contribution in [3.8, 4) is 0 Å². The van der Waals surface area contributed by atoms with Crippen molar-refractivity contribution >= 4 is 11.8 Å². The van der Waals surface area contributed by atoms with Gasteiger partial charge in [0, 0.05) is 11.4 Å². The summed E-state index contributed by atoms with van der Waals surface area (Å²) in [6, 6.07) is 6.67. The summed E-state index contributed by atoms with van der Waals surface area (Å²) >= 11 is 1.61. The van der Waals surface area contributed by atoms with Crippen LogP contribution in [0.3, 0.4) is 0 Å². The van der Waals surface area contributed by atoms with Crippen LogP contribution in [-0.4, -0.2) is 20.2 Å². The number of nitrogens with zero attached hydrogens (tertiary/aromatic N) is 4. The number of benzene rings is 1. The van der Waals surface area contributed by atoms with E-state index in [1.165, 1.54) is 23.3 Å². The SMILES string of the molecule is Cc1cccc(CN)c1Sc1nnnn1C1CC1. The second kappa shape index (κ2) is 4.70. The molecule has 0 spiro atoms. The molecule has 0 amide bonds. The van der Waals surface area contributed by atoms with Gasteiger partial charge in [0.25, 0.3) is 0 Å². The Hall–Kier alpha value is -1.40. The van der Waals surface area contributed by atoms with Gasteiger partial charge in [-0.3, -0.25) is 0 Å². The Labute approximate surface area is 110 Å². The predicted octanol–water partition coefficient (Wildman–Crippen LogP) is 1.93. The lowest BCUT2D eigenvalue weighted by molar-refractivity contribution is 0.565. The van der Waals surface area contributed by atoms with Crippen molar-refractivity contribution in [3.05, 3.63) is 29.3 Å². The third kappa shape index (κ3) is 2.13. The predicted molar refractivity (Wildman–Crippen MR) is 69.3 cm³/mol. The molecule has 0 bridgehead atoms. The van der Waals surface area contributed by atoms with E-state index in [4.69, 9.17) is 5.73 Å². The summed E-state index contributed by atoms with van der Waals surface area (Å²) in [5.74, 6) is 0. The van der Waals surface area contributed by atoms with Crippen molar-refractivity contribution in [2.45, 2.75) is 42.4 Å². The second-order valence-corrected chi connectivity index (χ2v) is 5.48. The average Bonchev–Trinajstić information content (AvgIpc) is 3.12. The molecule has 2 aromatic rings. The van der Waals surface area contributed by atoms with Gasteiger partial charge in [-0.1, -0.05) is 18.2 Å². The van der Waals surface area contributed by atoms with Gasteiger partial charge in [0.05, 0.1) is 6.04 Å². The zero-order valence-electron chi connectivity index (χ0n) is 10.2. The summed E-state index contributed by atoms with van der Waals surface area (Å²) in [6.07, 6.45) is 2.35. The highest BCUT2D eigenvalue weighted by atomic mass is 32.2. The molecular weight excluding hydrogens is 246 g/mol. The Morgan fingerprint density at radius 2 is 2.28 bits per heavy atom. The smallest absolute Gasteiger partial charge is 0.214 e. The van der Waals surface area contributed by atoms with Crippen LogP contribution in [0.15, 0.2) is 28.3 Å². The normalized spacial score (nSPS) is 15.0. The molecule has 1 heterocycles. The highest BCUT2D eigenvalue weighted by Crippen LogP contribution is 2.39. The van der Waals surface area contributed by atoms with Crippen molar-refractivity contribution < 1.29 is 0 Å². The van der Waals surface area contributed by atoms with E-state index in [-0.39, 0.29) is 0 Å². The Balaban J connectivity index is 1.94. The van der Waals surface area contributed by atoms with Gasteiger partial charge in [-0.25, -0.2) is 4.68 Å². The molecule has 0 aliphatic heterocycles. The molecule has 1 aromatic heterocycles. The van der Waals surface area contributed by atoms with Crippen LogP contribution < -0.4 is 5.73 Å². The molecule has 0 saturated heterocycles. The van der Waals surface area contributed by atoms with Crippen LogP contribution in [-0.2, 0) is 6.54 Å². The van der Waals surface area contributed by atoms with E-state index in [0.29, 0.717) is 12.6 Å².